The Bertz CT molecular complexity index is 935. The Morgan fingerprint density at radius 2 is 2.04 bits per heavy atom. The first kappa shape index (κ1) is 13.7. The predicted molar refractivity (Wildman–Crippen MR) is 89.0 cm³/mol. The SMILES string of the molecule is Nc1ncc2c(n1)CC[C@@H]([C@H]1c3ccccc3-c3cncn31)[C@H]2O. The molecular weight excluding hydrogens is 302 g/mol. The van der Waals surface area contributed by atoms with Gasteiger partial charge in [-0.15, -0.1) is 0 Å². The molecule has 0 bridgehead atoms. The van der Waals surface area contributed by atoms with E-state index >= 15 is 0 Å². The molecular formula is C18H17N5O. The second kappa shape index (κ2) is 4.88. The van der Waals surface area contributed by atoms with E-state index in [9.17, 15) is 5.11 Å². The van der Waals surface area contributed by atoms with Crippen molar-refractivity contribution in [2.45, 2.75) is 25.0 Å². The molecule has 3 aromatic rings. The maximum absolute atomic E-state index is 11.0. The highest BCUT2D eigenvalue weighted by Crippen LogP contribution is 2.49. The second-order valence-electron chi connectivity index (χ2n) is 6.50. The zero-order valence-corrected chi connectivity index (χ0v) is 13.0. The highest BCUT2D eigenvalue weighted by atomic mass is 16.3. The zero-order chi connectivity index (χ0) is 16.3. The van der Waals surface area contributed by atoms with Gasteiger partial charge in [0.1, 0.15) is 0 Å². The summed E-state index contributed by atoms with van der Waals surface area (Å²) in [6.07, 6.45) is 6.46. The summed E-state index contributed by atoms with van der Waals surface area (Å²) in [5.74, 6) is 0.323. The van der Waals surface area contributed by atoms with Crippen LogP contribution >= 0.6 is 0 Å². The lowest BCUT2D eigenvalue weighted by Gasteiger charge is -2.34. The number of fused-ring (bicyclic) bond motifs is 4. The maximum atomic E-state index is 11.0. The Morgan fingerprint density at radius 1 is 1.17 bits per heavy atom. The molecule has 2 aromatic heterocycles. The molecule has 6 nitrogen and oxygen atoms in total. The van der Waals surface area contributed by atoms with Gasteiger partial charge in [0.25, 0.3) is 0 Å². The van der Waals surface area contributed by atoms with E-state index in [2.05, 4.69) is 37.7 Å². The van der Waals surface area contributed by atoms with Gasteiger partial charge in [-0.05, 0) is 18.4 Å². The number of nitrogen functional groups attached to an aromatic ring is 1. The lowest BCUT2D eigenvalue weighted by molar-refractivity contribution is 0.0707. The molecule has 5 rings (SSSR count). The van der Waals surface area contributed by atoms with Crippen LogP contribution in [0.25, 0.3) is 11.3 Å². The van der Waals surface area contributed by atoms with Crippen LogP contribution in [0.5, 0.6) is 0 Å². The van der Waals surface area contributed by atoms with Gasteiger partial charge < -0.3 is 15.4 Å². The summed E-state index contributed by atoms with van der Waals surface area (Å²) < 4.78 is 2.18. The molecule has 120 valence electrons. The monoisotopic (exact) mass is 319 g/mol. The van der Waals surface area contributed by atoms with E-state index in [0.29, 0.717) is 0 Å². The number of aliphatic hydroxyl groups excluding tert-OH is 1. The Morgan fingerprint density at radius 3 is 2.96 bits per heavy atom. The van der Waals surface area contributed by atoms with E-state index in [1.807, 2.05) is 18.6 Å². The molecule has 3 heterocycles. The van der Waals surface area contributed by atoms with Crippen LogP contribution in [0.4, 0.5) is 5.95 Å². The smallest absolute Gasteiger partial charge is 0.220 e. The van der Waals surface area contributed by atoms with Crippen molar-refractivity contribution >= 4 is 5.95 Å². The van der Waals surface area contributed by atoms with Crippen molar-refractivity contribution in [2.75, 3.05) is 5.73 Å². The number of anilines is 1. The van der Waals surface area contributed by atoms with Gasteiger partial charge in [0.05, 0.1) is 36.1 Å². The van der Waals surface area contributed by atoms with Gasteiger partial charge in [0, 0.05) is 23.2 Å². The third-order valence-electron chi connectivity index (χ3n) is 5.28. The first-order valence-electron chi connectivity index (χ1n) is 8.14. The molecule has 1 aromatic carbocycles. The average molecular weight is 319 g/mol. The summed E-state index contributed by atoms with van der Waals surface area (Å²) in [6.45, 7) is 0. The van der Waals surface area contributed by atoms with Crippen molar-refractivity contribution in [3.63, 3.8) is 0 Å². The van der Waals surface area contributed by atoms with Crippen molar-refractivity contribution in [2.24, 2.45) is 5.92 Å². The number of nitrogens with zero attached hydrogens (tertiary/aromatic N) is 4. The minimum absolute atomic E-state index is 0.0568. The molecule has 0 radical (unpaired) electrons. The number of aliphatic hydroxyl groups is 1. The highest BCUT2D eigenvalue weighted by molar-refractivity contribution is 5.69. The molecule has 0 saturated heterocycles. The van der Waals surface area contributed by atoms with Gasteiger partial charge in [-0.2, -0.15) is 0 Å². The molecule has 3 N–H and O–H groups in total. The first-order chi connectivity index (χ1) is 11.7. The van der Waals surface area contributed by atoms with Crippen LogP contribution in [-0.2, 0) is 6.42 Å². The topological polar surface area (TPSA) is 89.9 Å². The highest BCUT2D eigenvalue weighted by Gasteiger charge is 2.40. The van der Waals surface area contributed by atoms with Crippen molar-refractivity contribution in [3.8, 4) is 11.3 Å². The van der Waals surface area contributed by atoms with Gasteiger partial charge >= 0.3 is 0 Å². The van der Waals surface area contributed by atoms with Gasteiger partial charge in [-0.3, -0.25) is 0 Å². The molecule has 3 atom stereocenters. The quantitative estimate of drug-likeness (QED) is 0.717. The van der Waals surface area contributed by atoms with E-state index < -0.39 is 6.10 Å². The van der Waals surface area contributed by atoms with Crippen LogP contribution in [0.15, 0.2) is 43.0 Å². The second-order valence-corrected chi connectivity index (χ2v) is 6.50. The number of aryl methyl sites for hydroxylation is 1. The van der Waals surface area contributed by atoms with E-state index in [1.165, 1.54) is 11.1 Å². The first-order valence-corrected chi connectivity index (χ1v) is 8.14. The van der Waals surface area contributed by atoms with Crippen LogP contribution in [0.3, 0.4) is 0 Å². The molecule has 6 heteroatoms. The largest absolute Gasteiger partial charge is 0.388 e. The normalized spacial score (nSPS) is 24.3. The summed E-state index contributed by atoms with van der Waals surface area (Å²) in [7, 11) is 0. The fourth-order valence-corrected chi connectivity index (χ4v) is 4.22. The van der Waals surface area contributed by atoms with Gasteiger partial charge in [-0.25, -0.2) is 15.0 Å². The number of aromatic nitrogens is 4. The molecule has 1 aliphatic heterocycles. The molecule has 1 aliphatic carbocycles. The van der Waals surface area contributed by atoms with E-state index in [1.54, 1.807) is 6.20 Å². The number of benzene rings is 1. The molecule has 0 fully saturated rings. The fraction of sp³-hybridized carbons (Fsp3) is 0.278. The summed E-state index contributed by atoms with van der Waals surface area (Å²) >= 11 is 0. The predicted octanol–water partition coefficient (Wildman–Crippen LogP) is 2.12. The maximum Gasteiger partial charge on any atom is 0.220 e. The standard InChI is InChI=1S/C18H17N5O/c19-18-21-7-13-14(22-18)6-5-12(17(13)24)16-11-4-2-1-3-10(11)15-8-20-9-23(15)16/h1-4,7-9,12,16-17,24H,5-6H2,(H2,19,21,22)/t12-,16+,17+/m0/s1. The molecule has 0 unspecified atom stereocenters. The summed E-state index contributed by atoms with van der Waals surface area (Å²) in [5.41, 5.74) is 10.9. The van der Waals surface area contributed by atoms with Crippen LogP contribution < -0.4 is 5.73 Å². The molecule has 24 heavy (non-hydrogen) atoms. The van der Waals surface area contributed by atoms with Crippen LogP contribution in [-0.4, -0.2) is 24.6 Å². The van der Waals surface area contributed by atoms with Crippen LogP contribution in [0.2, 0.25) is 0 Å². The van der Waals surface area contributed by atoms with Crippen LogP contribution in [0, 0.1) is 5.92 Å². The Labute approximate surface area is 139 Å². The molecule has 0 saturated carbocycles. The van der Waals surface area contributed by atoms with Gasteiger partial charge in [0.15, 0.2) is 0 Å². The summed E-state index contributed by atoms with van der Waals surface area (Å²) in [4.78, 5) is 12.7. The van der Waals surface area contributed by atoms with Crippen molar-refractivity contribution in [1.82, 2.24) is 19.5 Å². The zero-order valence-electron chi connectivity index (χ0n) is 13.0. The third-order valence-corrected chi connectivity index (χ3v) is 5.28. The lowest BCUT2D eigenvalue weighted by Crippen LogP contribution is -2.29. The van der Waals surface area contributed by atoms with Gasteiger partial charge in [-0.1, -0.05) is 24.3 Å². The van der Waals surface area contributed by atoms with Crippen molar-refractivity contribution in [3.05, 3.63) is 59.8 Å². The van der Waals surface area contributed by atoms with E-state index in [4.69, 9.17) is 5.73 Å². The lowest BCUT2D eigenvalue weighted by atomic mass is 9.78. The van der Waals surface area contributed by atoms with E-state index in [0.717, 1.165) is 29.8 Å². The molecule has 0 amide bonds. The third kappa shape index (κ3) is 1.77. The minimum atomic E-state index is -0.610. The Balaban J connectivity index is 1.62. The average Bonchev–Trinajstić information content (AvgIpc) is 3.16. The van der Waals surface area contributed by atoms with Gasteiger partial charge in [0.2, 0.25) is 5.95 Å². The molecule has 2 aliphatic rings. The minimum Gasteiger partial charge on any atom is -0.388 e. The Hall–Kier alpha value is -2.73. The van der Waals surface area contributed by atoms with Crippen molar-refractivity contribution in [1.29, 1.82) is 0 Å². The fourth-order valence-electron chi connectivity index (χ4n) is 4.22. The molecule has 0 spiro atoms. The summed E-state index contributed by atoms with van der Waals surface area (Å²) in [6, 6.07) is 8.45. The van der Waals surface area contributed by atoms with Crippen LogP contribution in [0.1, 0.15) is 35.4 Å². The Kier molecular flexibility index (Phi) is 2.78. The number of hydrogen-bond donors (Lipinski definition) is 2. The number of imidazole rings is 1. The van der Waals surface area contributed by atoms with Crippen molar-refractivity contribution < 1.29 is 5.11 Å². The number of rotatable bonds is 1. The number of hydrogen-bond acceptors (Lipinski definition) is 5. The summed E-state index contributed by atoms with van der Waals surface area (Å²) in [5, 5.41) is 11.0. The number of nitrogens with two attached hydrogens (primary N) is 1. The van der Waals surface area contributed by atoms with E-state index in [-0.39, 0.29) is 17.9 Å².